The maximum atomic E-state index is 10.7. The maximum Gasteiger partial charge on any atom is 0.337 e. The third-order valence-electron chi connectivity index (χ3n) is 2.45. The van der Waals surface area contributed by atoms with E-state index in [1.165, 1.54) is 24.0 Å². The van der Waals surface area contributed by atoms with E-state index in [2.05, 4.69) is 9.97 Å². The summed E-state index contributed by atoms with van der Waals surface area (Å²) in [6.07, 6.45) is 1.31. The van der Waals surface area contributed by atoms with Gasteiger partial charge in [-0.1, -0.05) is 12.1 Å². The van der Waals surface area contributed by atoms with Gasteiger partial charge in [-0.2, -0.15) is 0 Å². The molecule has 0 aliphatic rings. The molecule has 2 aromatic heterocycles. The Morgan fingerprint density at radius 2 is 2.05 bits per heavy atom. The minimum Gasteiger partial charge on any atom is -0.478 e. The van der Waals surface area contributed by atoms with Gasteiger partial charge in [-0.15, -0.1) is 0 Å². The smallest absolute Gasteiger partial charge is 0.337 e. The van der Waals surface area contributed by atoms with E-state index in [0.717, 1.165) is 5.52 Å². The molecular formula is C13H8N2O3S. The predicted molar refractivity (Wildman–Crippen MR) is 69.3 cm³/mol. The summed E-state index contributed by atoms with van der Waals surface area (Å²) in [5.41, 5.74) is 1.65. The average Bonchev–Trinajstić information content (AvgIpc) is 2.81. The minimum absolute atomic E-state index is 0.155. The van der Waals surface area contributed by atoms with Crippen LogP contribution in [0.25, 0.3) is 11.1 Å². The molecule has 0 fully saturated rings. The van der Waals surface area contributed by atoms with Crippen LogP contribution in [0.5, 0.6) is 0 Å². The molecular weight excluding hydrogens is 264 g/mol. The number of carboxylic acids is 1. The van der Waals surface area contributed by atoms with Gasteiger partial charge in [-0.05, 0) is 36.0 Å². The fourth-order valence-corrected chi connectivity index (χ4v) is 2.25. The number of oxazole rings is 1. The third kappa shape index (κ3) is 2.43. The van der Waals surface area contributed by atoms with Crippen molar-refractivity contribution in [3.8, 4) is 0 Å². The zero-order chi connectivity index (χ0) is 13.2. The molecule has 0 amide bonds. The molecule has 94 valence electrons. The van der Waals surface area contributed by atoms with Crippen molar-refractivity contribution in [3.63, 3.8) is 0 Å². The minimum atomic E-state index is -0.995. The highest BCUT2D eigenvalue weighted by atomic mass is 32.2. The van der Waals surface area contributed by atoms with Crippen LogP contribution in [-0.4, -0.2) is 21.0 Å². The summed E-state index contributed by atoms with van der Waals surface area (Å²) < 4.78 is 5.55. The molecule has 3 aromatic rings. The van der Waals surface area contributed by atoms with Crippen LogP contribution in [-0.2, 0) is 0 Å². The first-order chi connectivity index (χ1) is 9.22. The largest absolute Gasteiger partial charge is 0.478 e. The number of hydrogen-bond acceptors (Lipinski definition) is 5. The zero-order valence-electron chi connectivity index (χ0n) is 9.61. The number of carbonyl (C=O) groups is 1. The van der Waals surface area contributed by atoms with Gasteiger partial charge in [0.05, 0.1) is 5.56 Å². The fourth-order valence-electron chi connectivity index (χ4n) is 1.55. The number of aromatic carboxylic acids is 1. The number of rotatable bonds is 3. The molecule has 0 spiro atoms. The van der Waals surface area contributed by atoms with Gasteiger partial charge in [-0.3, -0.25) is 0 Å². The standard InChI is InChI=1S/C13H8N2O3S/c16-12(17)8-5-6-11(14-7-8)19-13-15-9-3-1-2-4-10(9)18-13/h1-7H,(H,16,17). The van der Waals surface area contributed by atoms with Gasteiger partial charge >= 0.3 is 5.97 Å². The van der Waals surface area contributed by atoms with Crippen LogP contribution >= 0.6 is 11.8 Å². The van der Waals surface area contributed by atoms with E-state index < -0.39 is 5.97 Å². The highest BCUT2D eigenvalue weighted by Gasteiger charge is 2.09. The number of aromatic nitrogens is 2. The highest BCUT2D eigenvalue weighted by molar-refractivity contribution is 7.99. The molecule has 0 saturated heterocycles. The zero-order valence-corrected chi connectivity index (χ0v) is 10.4. The van der Waals surface area contributed by atoms with Crippen molar-refractivity contribution in [2.24, 2.45) is 0 Å². The van der Waals surface area contributed by atoms with Gasteiger partial charge in [0.2, 0.25) is 0 Å². The second-order valence-electron chi connectivity index (χ2n) is 3.74. The Labute approximate surface area is 112 Å². The summed E-state index contributed by atoms with van der Waals surface area (Å²) in [6, 6.07) is 10.6. The number of carboxylic acid groups (broad SMARTS) is 1. The summed E-state index contributed by atoms with van der Waals surface area (Å²) in [6.45, 7) is 0. The molecule has 6 heteroatoms. The molecule has 0 unspecified atom stereocenters. The van der Waals surface area contributed by atoms with Crippen molar-refractivity contribution in [1.82, 2.24) is 9.97 Å². The lowest BCUT2D eigenvalue weighted by molar-refractivity contribution is 0.0696. The molecule has 0 aliphatic heterocycles. The van der Waals surface area contributed by atoms with E-state index in [4.69, 9.17) is 9.52 Å². The van der Waals surface area contributed by atoms with Crippen molar-refractivity contribution in [3.05, 3.63) is 48.2 Å². The Kier molecular flexibility index (Phi) is 2.92. The highest BCUT2D eigenvalue weighted by Crippen LogP contribution is 2.28. The lowest BCUT2D eigenvalue weighted by Crippen LogP contribution is -1.96. The van der Waals surface area contributed by atoms with Crippen LogP contribution in [0.2, 0.25) is 0 Å². The van der Waals surface area contributed by atoms with E-state index >= 15 is 0 Å². The summed E-state index contributed by atoms with van der Waals surface area (Å²) in [4.78, 5) is 19.1. The van der Waals surface area contributed by atoms with E-state index in [1.54, 1.807) is 6.07 Å². The van der Waals surface area contributed by atoms with Crippen LogP contribution in [0.15, 0.2) is 57.3 Å². The van der Waals surface area contributed by atoms with Crippen LogP contribution in [0.3, 0.4) is 0 Å². The third-order valence-corrected chi connectivity index (χ3v) is 3.25. The van der Waals surface area contributed by atoms with Gasteiger partial charge < -0.3 is 9.52 Å². The summed E-state index contributed by atoms with van der Waals surface area (Å²) in [5, 5.41) is 9.90. The van der Waals surface area contributed by atoms with Crippen LogP contribution < -0.4 is 0 Å². The predicted octanol–water partition coefficient (Wildman–Crippen LogP) is 3.07. The number of benzene rings is 1. The Morgan fingerprint density at radius 1 is 1.21 bits per heavy atom. The molecule has 0 saturated carbocycles. The van der Waals surface area contributed by atoms with E-state index in [1.807, 2.05) is 24.3 Å². The van der Waals surface area contributed by atoms with Crippen molar-refractivity contribution in [2.45, 2.75) is 10.2 Å². The topological polar surface area (TPSA) is 76.2 Å². The number of nitrogens with zero attached hydrogens (tertiary/aromatic N) is 2. The van der Waals surface area contributed by atoms with Crippen LogP contribution in [0.1, 0.15) is 10.4 Å². The van der Waals surface area contributed by atoms with Crippen molar-refractivity contribution in [1.29, 1.82) is 0 Å². The first-order valence-electron chi connectivity index (χ1n) is 5.45. The molecule has 0 atom stereocenters. The van der Waals surface area contributed by atoms with Gasteiger partial charge in [0, 0.05) is 6.20 Å². The SMILES string of the molecule is O=C(O)c1ccc(Sc2nc3ccccc3o2)nc1. The number of pyridine rings is 1. The summed E-state index contributed by atoms with van der Waals surface area (Å²) in [5.74, 6) is -0.995. The van der Waals surface area contributed by atoms with Gasteiger partial charge in [0.1, 0.15) is 10.5 Å². The molecule has 0 radical (unpaired) electrons. The second kappa shape index (κ2) is 4.74. The Bertz CT molecular complexity index is 704. The molecule has 1 N–H and O–H groups in total. The number of hydrogen-bond donors (Lipinski definition) is 1. The Morgan fingerprint density at radius 3 is 2.74 bits per heavy atom. The Hall–Kier alpha value is -2.34. The van der Waals surface area contributed by atoms with Crippen molar-refractivity contribution in [2.75, 3.05) is 0 Å². The number of para-hydroxylation sites is 2. The first kappa shape index (κ1) is 11.7. The monoisotopic (exact) mass is 272 g/mol. The summed E-state index contributed by atoms with van der Waals surface area (Å²) >= 11 is 1.25. The molecule has 1 aromatic carbocycles. The van der Waals surface area contributed by atoms with Gasteiger partial charge in [-0.25, -0.2) is 14.8 Å². The molecule has 2 heterocycles. The van der Waals surface area contributed by atoms with Gasteiger partial charge in [0.15, 0.2) is 5.58 Å². The lowest BCUT2D eigenvalue weighted by atomic mass is 10.3. The summed E-state index contributed by atoms with van der Waals surface area (Å²) in [7, 11) is 0. The van der Waals surface area contributed by atoms with Crippen LogP contribution in [0, 0.1) is 0 Å². The lowest BCUT2D eigenvalue weighted by Gasteiger charge is -1.96. The first-order valence-corrected chi connectivity index (χ1v) is 6.27. The molecule has 5 nitrogen and oxygen atoms in total. The average molecular weight is 272 g/mol. The van der Waals surface area contributed by atoms with Gasteiger partial charge in [0.25, 0.3) is 5.22 Å². The molecule has 19 heavy (non-hydrogen) atoms. The van der Waals surface area contributed by atoms with Crippen molar-refractivity contribution >= 4 is 28.8 Å². The fraction of sp³-hybridized carbons (Fsp3) is 0. The molecule has 3 rings (SSSR count). The Balaban J connectivity index is 1.86. The molecule has 0 bridgehead atoms. The normalized spacial score (nSPS) is 10.7. The molecule has 0 aliphatic carbocycles. The van der Waals surface area contributed by atoms with Crippen LogP contribution in [0.4, 0.5) is 0 Å². The second-order valence-corrected chi connectivity index (χ2v) is 4.71. The maximum absolute atomic E-state index is 10.7. The van der Waals surface area contributed by atoms with E-state index in [0.29, 0.717) is 15.8 Å². The quantitative estimate of drug-likeness (QED) is 0.789. The van der Waals surface area contributed by atoms with E-state index in [-0.39, 0.29) is 5.56 Å². The number of fused-ring (bicyclic) bond motifs is 1. The van der Waals surface area contributed by atoms with E-state index in [9.17, 15) is 4.79 Å². The van der Waals surface area contributed by atoms with Crippen molar-refractivity contribution < 1.29 is 14.3 Å².